The van der Waals surface area contributed by atoms with E-state index in [0.717, 1.165) is 22.3 Å². The van der Waals surface area contributed by atoms with Gasteiger partial charge in [-0.3, -0.25) is 4.99 Å². The fourth-order valence-electron chi connectivity index (χ4n) is 2.19. The largest absolute Gasteiger partial charge is 0.462 e. The minimum atomic E-state index is -0.320. The number of esters is 1. The third-order valence-electron chi connectivity index (χ3n) is 3.34. The number of aliphatic imine (C=N–C) groups is 1. The van der Waals surface area contributed by atoms with Crippen molar-refractivity contribution in [1.29, 1.82) is 0 Å². The van der Waals surface area contributed by atoms with E-state index in [1.807, 2.05) is 36.4 Å². The summed E-state index contributed by atoms with van der Waals surface area (Å²) < 4.78 is 4.95. The van der Waals surface area contributed by atoms with E-state index < -0.39 is 0 Å². The maximum atomic E-state index is 11.6. The highest BCUT2D eigenvalue weighted by Crippen LogP contribution is 2.15. The van der Waals surface area contributed by atoms with Gasteiger partial charge >= 0.3 is 5.97 Å². The predicted octanol–water partition coefficient (Wildman–Crippen LogP) is 4.16. The molecule has 0 saturated heterocycles. The van der Waals surface area contributed by atoms with E-state index in [1.54, 1.807) is 37.4 Å². The van der Waals surface area contributed by atoms with Gasteiger partial charge in [-0.2, -0.15) is 0 Å². The summed E-state index contributed by atoms with van der Waals surface area (Å²) in [4.78, 5) is 20.5. The van der Waals surface area contributed by atoms with Gasteiger partial charge in [-0.25, -0.2) is 9.78 Å². The van der Waals surface area contributed by atoms with Crippen LogP contribution in [0.4, 0.5) is 5.69 Å². The molecule has 3 aromatic rings. The molecule has 0 radical (unpaired) electrons. The number of para-hydroxylation sites is 1. The van der Waals surface area contributed by atoms with E-state index in [4.69, 9.17) is 4.74 Å². The third kappa shape index (κ3) is 3.61. The van der Waals surface area contributed by atoms with Crippen LogP contribution in [0.5, 0.6) is 0 Å². The van der Waals surface area contributed by atoms with Crippen molar-refractivity contribution >= 4 is 28.8 Å². The molecule has 4 heteroatoms. The Balaban J connectivity index is 1.77. The Kier molecular flexibility index (Phi) is 4.43. The van der Waals surface area contributed by atoms with E-state index in [2.05, 4.69) is 9.98 Å². The number of ether oxygens (including phenoxy) is 1. The van der Waals surface area contributed by atoms with Crippen LogP contribution in [-0.4, -0.2) is 23.8 Å². The number of rotatable bonds is 4. The van der Waals surface area contributed by atoms with Crippen LogP contribution < -0.4 is 0 Å². The first kappa shape index (κ1) is 14.9. The van der Waals surface area contributed by atoms with E-state index >= 15 is 0 Å². The van der Waals surface area contributed by atoms with Gasteiger partial charge in [-0.1, -0.05) is 24.3 Å². The molecule has 1 heterocycles. The number of nitrogens with zero attached hydrogens (tertiary/aromatic N) is 2. The van der Waals surface area contributed by atoms with E-state index in [1.165, 1.54) is 0 Å². The number of hydrogen-bond acceptors (Lipinski definition) is 4. The number of pyridine rings is 1. The number of aromatic nitrogens is 1. The quantitative estimate of drug-likeness (QED) is 0.537. The van der Waals surface area contributed by atoms with Crippen molar-refractivity contribution in [3.05, 3.63) is 71.9 Å². The summed E-state index contributed by atoms with van der Waals surface area (Å²) in [6.07, 6.45) is 1.71. The van der Waals surface area contributed by atoms with Crippen molar-refractivity contribution in [3.63, 3.8) is 0 Å². The molecule has 0 aliphatic carbocycles. The normalized spacial score (nSPS) is 11.0. The molecule has 114 valence electrons. The first-order valence-corrected chi connectivity index (χ1v) is 7.43. The van der Waals surface area contributed by atoms with Gasteiger partial charge in [0.05, 0.1) is 35.3 Å². The first-order chi connectivity index (χ1) is 11.3. The molecule has 0 N–H and O–H groups in total. The third-order valence-corrected chi connectivity index (χ3v) is 3.34. The average Bonchev–Trinajstić information content (AvgIpc) is 2.60. The lowest BCUT2D eigenvalue weighted by molar-refractivity contribution is 0.0526. The fourth-order valence-corrected chi connectivity index (χ4v) is 2.19. The van der Waals surface area contributed by atoms with Gasteiger partial charge in [0.1, 0.15) is 0 Å². The van der Waals surface area contributed by atoms with E-state index in [9.17, 15) is 4.79 Å². The summed E-state index contributed by atoms with van der Waals surface area (Å²) in [5.41, 5.74) is 3.01. The van der Waals surface area contributed by atoms with Crippen LogP contribution in [0.25, 0.3) is 10.9 Å². The summed E-state index contributed by atoms with van der Waals surface area (Å²) >= 11 is 0. The lowest BCUT2D eigenvalue weighted by Crippen LogP contribution is -2.03. The smallest absolute Gasteiger partial charge is 0.338 e. The molecule has 23 heavy (non-hydrogen) atoms. The summed E-state index contributed by atoms with van der Waals surface area (Å²) in [6.45, 7) is 2.15. The van der Waals surface area contributed by atoms with Crippen molar-refractivity contribution in [2.24, 2.45) is 4.99 Å². The molecule has 1 aromatic heterocycles. The van der Waals surface area contributed by atoms with Crippen molar-refractivity contribution in [3.8, 4) is 0 Å². The summed E-state index contributed by atoms with van der Waals surface area (Å²) in [7, 11) is 0. The van der Waals surface area contributed by atoms with Crippen molar-refractivity contribution < 1.29 is 9.53 Å². The molecule has 0 saturated carbocycles. The SMILES string of the molecule is CCOC(=O)c1ccc(N=Cc2ccc3ccccc3n2)cc1. The zero-order valence-electron chi connectivity index (χ0n) is 12.8. The average molecular weight is 304 g/mol. The van der Waals surface area contributed by atoms with Crippen molar-refractivity contribution in [1.82, 2.24) is 4.98 Å². The molecule has 0 unspecified atom stereocenters. The van der Waals surface area contributed by atoms with Crippen molar-refractivity contribution in [2.45, 2.75) is 6.92 Å². The number of hydrogen-bond donors (Lipinski definition) is 0. The van der Waals surface area contributed by atoms with E-state index in [-0.39, 0.29) is 5.97 Å². The highest BCUT2D eigenvalue weighted by atomic mass is 16.5. The van der Waals surface area contributed by atoms with Gasteiger partial charge < -0.3 is 4.74 Å². The van der Waals surface area contributed by atoms with Crippen molar-refractivity contribution in [2.75, 3.05) is 6.61 Å². The molecule has 0 bridgehead atoms. The Labute approximate surface area is 134 Å². The van der Waals surface area contributed by atoms with Gasteiger partial charge in [-0.15, -0.1) is 0 Å². The predicted molar refractivity (Wildman–Crippen MR) is 91.4 cm³/mol. The lowest BCUT2D eigenvalue weighted by Gasteiger charge is -2.01. The van der Waals surface area contributed by atoms with Crippen LogP contribution in [-0.2, 0) is 4.74 Å². The molecular weight excluding hydrogens is 288 g/mol. The Bertz CT molecular complexity index is 855. The molecule has 0 fully saturated rings. The van der Waals surface area contributed by atoms with Crippen LogP contribution in [0, 0.1) is 0 Å². The lowest BCUT2D eigenvalue weighted by atomic mass is 10.2. The second-order valence-electron chi connectivity index (χ2n) is 4.95. The number of benzene rings is 2. The highest BCUT2D eigenvalue weighted by molar-refractivity contribution is 5.90. The minimum Gasteiger partial charge on any atom is -0.462 e. The van der Waals surface area contributed by atoms with Crippen LogP contribution in [0.1, 0.15) is 23.0 Å². The zero-order valence-corrected chi connectivity index (χ0v) is 12.8. The molecule has 2 aromatic carbocycles. The Morgan fingerprint density at radius 1 is 1.09 bits per heavy atom. The van der Waals surface area contributed by atoms with Crippen LogP contribution in [0.3, 0.4) is 0 Å². The second-order valence-corrected chi connectivity index (χ2v) is 4.95. The summed E-state index contributed by atoms with van der Waals surface area (Å²) in [6, 6.07) is 18.9. The number of fused-ring (bicyclic) bond motifs is 1. The maximum Gasteiger partial charge on any atom is 0.338 e. The van der Waals surface area contributed by atoms with Crippen LogP contribution in [0.15, 0.2) is 65.7 Å². The Morgan fingerprint density at radius 3 is 2.65 bits per heavy atom. The fraction of sp³-hybridized carbons (Fsp3) is 0.105. The number of carbonyl (C=O) groups is 1. The maximum absolute atomic E-state index is 11.6. The van der Waals surface area contributed by atoms with Crippen LogP contribution >= 0.6 is 0 Å². The standard InChI is InChI=1S/C19H16N2O2/c1-2-23-19(22)15-8-10-16(11-9-15)20-13-17-12-7-14-5-3-4-6-18(14)21-17/h3-13H,2H2,1H3. The zero-order chi connectivity index (χ0) is 16.1. The molecular formula is C19H16N2O2. The molecule has 0 aliphatic rings. The van der Waals surface area contributed by atoms with Gasteiger partial charge in [0.15, 0.2) is 0 Å². The Morgan fingerprint density at radius 2 is 1.87 bits per heavy atom. The highest BCUT2D eigenvalue weighted by Gasteiger charge is 2.04. The molecule has 0 aliphatic heterocycles. The summed E-state index contributed by atoms with van der Waals surface area (Å²) in [5, 5.41) is 1.10. The van der Waals surface area contributed by atoms with Gasteiger partial charge in [0.25, 0.3) is 0 Å². The van der Waals surface area contributed by atoms with Crippen LogP contribution in [0.2, 0.25) is 0 Å². The molecule has 3 rings (SSSR count). The topological polar surface area (TPSA) is 51.5 Å². The van der Waals surface area contributed by atoms with E-state index in [0.29, 0.717) is 12.2 Å². The Hall–Kier alpha value is -3.01. The first-order valence-electron chi connectivity index (χ1n) is 7.43. The number of carbonyl (C=O) groups excluding carboxylic acids is 1. The summed E-state index contributed by atoms with van der Waals surface area (Å²) in [5.74, 6) is -0.320. The molecule has 0 amide bonds. The van der Waals surface area contributed by atoms with Gasteiger partial charge in [0, 0.05) is 5.39 Å². The second kappa shape index (κ2) is 6.83. The monoisotopic (exact) mass is 304 g/mol. The molecule has 0 spiro atoms. The van der Waals surface area contributed by atoms with Gasteiger partial charge in [-0.05, 0) is 43.3 Å². The molecule has 0 atom stereocenters. The minimum absolute atomic E-state index is 0.320. The molecule has 4 nitrogen and oxygen atoms in total. The van der Waals surface area contributed by atoms with Gasteiger partial charge in [0.2, 0.25) is 0 Å².